The zero-order chi connectivity index (χ0) is 18.7. The Kier molecular flexibility index (Phi) is 5.68. The number of hydrogen-bond acceptors (Lipinski definition) is 4. The number of amides is 1. The molecular formula is C19H16F2N2OS2. The minimum atomic E-state index is -0.398. The molecular weight excluding hydrogens is 374 g/mol. The van der Waals surface area contributed by atoms with Crippen molar-refractivity contribution in [3.05, 3.63) is 65.0 Å². The lowest BCUT2D eigenvalue weighted by Crippen LogP contribution is -2.22. The van der Waals surface area contributed by atoms with E-state index in [1.54, 1.807) is 25.1 Å². The molecule has 0 saturated carbocycles. The van der Waals surface area contributed by atoms with Crippen LogP contribution in [0.15, 0.2) is 52.2 Å². The van der Waals surface area contributed by atoms with Gasteiger partial charge in [0.1, 0.15) is 11.6 Å². The number of carbonyl (C=O) groups excluding carboxylic acids is 1. The summed E-state index contributed by atoms with van der Waals surface area (Å²) >= 11 is 2.75. The van der Waals surface area contributed by atoms with E-state index >= 15 is 0 Å². The first-order valence-corrected chi connectivity index (χ1v) is 9.63. The van der Waals surface area contributed by atoms with Crippen LogP contribution >= 0.6 is 23.1 Å². The topological polar surface area (TPSA) is 42.0 Å². The van der Waals surface area contributed by atoms with E-state index in [1.807, 2.05) is 12.3 Å². The van der Waals surface area contributed by atoms with E-state index in [0.717, 1.165) is 21.2 Å². The fraction of sp³-hybridized carbons (Fsp3) is 0.158. The number of nitrogens with one attached hydrogen (secondary N) is 1. The van der Waals surface area contributed by atoms with Crippen molar-refractivity contribution < 1.29 is 13.6 Å². The molecule has 0 aliphatic heterocycles. The highest BCUT2D eigenvalue weighted by Gasteiger charge is 2.18. The molecule has 1 aromatic heterocycles. The minimum Gasteiger partial charge on any atom is -0.325 e. The van der Waals surface area contributed by atoms with Gasteiger partial charge < -0.3 is 5.32 Å². The maximum absolute atomic E-state index is 13.3. The second kappa shape index (κ2) is 7.97. The monoisotopic (exact) mass is 390 g/mol. The van der Waals surface area contributed by atoms with Crippen LogP contribution in [-0.4, -0.2) is 16.1 Å². The molecule has 0 spiro atoms. The summed E-state index contributed by atoms with van der Waals surface area (Å²) in [5, 5.41) is 4.22. The molecule has 0 bridgehead atoms. The Morgan fingerprint density at radius 3 is 2.58 bits per heavy atom. The highest BCUT2D eigenvalue weighted by molar-refractivity contribution is 8.02. The third-order valence-electron chi connectivity index (χ3n) is 3.73. The zero-order valence-corrected chi connectivity index (χ0v) is 15.8. The number of benzene rings is 2. The van der Waals surface area contributed by atoms with Gasteiger partial charge in [-0.1, -0.05) is 17.8 Å². The van der Waals surface area contributed by atoms with Gasteiger partial charge in [0, 0.05) is 16.6 Å². The van der Waals surface area contributed by atoms with E-state index in [2.05, 4.69) is 10.3 Å². The molecule has 3 nitrogen and oxygen atoms in total. The molecule has 0 aliphatic carbocycles. The summed E-state index contributed by atoms with van der Waals surface area (Å²) in [6, 6.07) is 10.4. The van der Waals surface area contributed by atoms with Crippen molar-refractivity contribution in [3.63, 3.8) is 0 Å². The summed E-state index contributed by atoms with van der Waals surface area (Å²) in [4.78, 5) is 16.9. The summed E-state index contributed by atoms with van der Waals surface area (Å²) in [5.41, 5.74) is 2.83. The van der Waals surface area contributed by atoms with Crippen LogP contribution < -0.4 is 5.32 Å². The Balaban J connectivity index is 1.66. The maximum atomic E-state index is 13.3. The van der Waals surface area contributed by atoms with Crippen LogP contribution in [0.2, 0.25) is 0 Å². The van der Waals surface area contributed by atoms with Crippen molar-refractivity contribution in [2.45, 2.75) is 23.4 Å². The SMILES string of the molecule is Cc1ccc(F)cc1NC(=O)C(C)Sc1nc(-c2ccc(F)cc2)cs1. The van der Waals surface area contributed by atoms with Crippen LogP contribution in [-0.2, 0) is 4.79 Å². The van der Waals surface area contributed by atoms with Crippen LogP contribution in [0.5, 0.6) is 0 Å². The lowest BCUT2D eigenvalue weighted by atomic mass is 10.2. The molecule has 3 rings (SSSR count). The van der Waals surface area contributed by atoms with Gasteiger partial charge >= 0.3 is 0 Å². The molecule has 0 radical (unpaired) electrons. The first-order chi connectivity index (χ1) is 12.4. The van der Waals surface area contributed by atoms with Crippen molar-refractivity contribution in [1.82, 2.24) is 4.98 Å². The predicted octanol–water partition coefficient (Wildman–Crippen LogP) is 5.52. The summed E-state index contributed by atoms with van der Waals surface area (Å²) in [7, 11) is 0. The molecule has 0 aliphatic rings. The Bertz CT molecular complexity index is 926. The number of thioether (sulfide) groups is 1. The van der Waals surface area contributed by atoms with Gasteiger partial charge in [-0.05, 0) is 55.8 Å². The van der Waals surface area contributed by atoms with Crippen LogP contribution in [0.25, 0.3) is 11.3 Å². The second-order valence-electron chi connectivity index (χ2n) is 5.71. The van der Waals surface area contributed by atoms with E-state index in [4.69, 9.17) is 0 Å². The first-order valence-electron chi connectivity index (χ1n) is 7.87. The largest absolute Gasteiger partial charge is 0.325 e. The lowest BCUT2D eigenvalue weighted by molar-refractivity contribution is -0.115. The van der Waals surface area contributed by atoms with E-state index in [9.17, 15) is 13.6 Å². The third-order valence-corrected chi connectivity index (χ3v) is 5.80. The van der Waals surface area contributed by atoms with E-state index in [0.29, 0.717) is 5.69 Å². The molecule has 1 heterocycles. The number of rotatable bonds is 5. The number of carbonyl (C=O) groups is 1. The number of thiazole rings is 1. The lowest BCUT2D eigenvalue weighted by Gasteiger charge is -2.12. The standard InChI is InChI=1S/C19H16F2N2OS2/c1-11-3-6-15(21)9-16(11)22-18(24)12(2)26-19-23-17(10-25-19)13-4-7-14(20)8-5-13/h3-10,12H,1-2H3,(H,22,24). The molecule has 3 aromatic rings. The molecule has 26 heavy (non-hydrogen) atoms. The van der Waals surface area contributed by atoms with E-state index < -0.39 is 11.1 Å². The molecule has 1 atom stereocenters. The van der Waals surface area contributed by atoms with Gasteiger partial charge in [0.25, 0.3) is 0 Å². The molecule has 0 saturated heterocycles. The highest BCUT2D eigenvalue weighted by Crippen LogP contribution is 2.31. The Morgan fingerprint density at radius 2 is 1.85 bits per heavy atom. The molecule has 1 unspecified atom stereocenters. The third kappa shape index (κ3) is 4.47. The van der Waals surface area contributed by atoms with Crippen LogP contribution in [0.1, 0.15) is 12.5 Å². The van der Waals surface area contributed by atoms with Gasteiger partial charge in [-0.2, -0.15) is 0 Å². The number of nitrogens with zero attached hydrogens (tertiary/aromatic N) is 1. The summed E-state index contributed by atoms with van der Waals surface area (Å²) in [5.74, 6) is -0.909. The molecule has 0 fully saturated rings. The van der Waals surface area contributed by atoms with Gasteiger partial charge in [0.2, 0.25) is 5.91 Å². The van der Waals surface area contributed by atoms with Gasteiger partial charge in [-0.3, -0.25) is 4.79 Å². The average molecular weight is 390 g/mol. The van der Waals surface area contributed by atoms with E-state index in [-0.39, 0.29) is 11.7 Å². The zero-order valence-electron chi connectivity index (χ0n) is 14.1. The number of aryl methyl sites for hydroxylation is 1. The normalized spacial score (nSPS) is 12.0. The number of aromatic nitrogens is 1. The quantitative estimate of drug-likeness (QED) is 0.584. The minimum absolute atomic E-state index is 0.220. The smallest absolute Gasteiger partial charge is 0.237 e. The van der Waals surface area contributed by atoms with Gasteiger partial charge in [-0.25, -0.2) is 13.8 Å². The molecule has 1 amide bonds. The molecule has 2 aromatic carbocycles. The van der Waals surface area contributed by atoms with Gasteiger partial charge in [0.05, 0.1) is 10.9 Å². The van der Waals surface area contributed by atoms with E-state index in [1.165, 1.54) is 47.4 Å². The van der Waals surface area contributed by atoms with Crippen molar-refractivity contribution in [1.29, 1.82) is 0 Å². The van der Waals surface area contributed by atoms with Crippen molar-refractivity contribution in [3.8, 4) is 11.3 Å². The van der Waals surface area contributed by atoms with Gasteiger partial charge in [0.15, 0.2) is 4.34 Å². The highest BCUT2D eigenvalue weighted by atomic mass is 32.2. The Labute approximate surface area is 158 Å². The Morgan fingerprint density at radius 1 is 1.15 bits per heavy atom. The fourth-order valence-electron chi connectivity index (χ4n) is 2.23. The predicted molar refractivity (Wildman–Crippen MR) is 103 cm³/mol. The van der Waals surface area contributed by atoms with Crippen molar-refractivity contribution >= 4 is 34.7 Å². The first kappa shape index (κ1) is 18.5. The molecule has 1 N–H and O–H groups in total. The number of halogens is 2. The fourth-order valence-corrected chi connectivity index (χ4v) is 4.20. The Hall–Kier alpha value is -2.25. The van der Waals surface area contributed by atoms with Crippen molar-refractivity contribution in [2.75, 3.05) is 5.32 Å². The van der Waals surface area contributed by atoms with Crippen LogP contribution in [0.3, 0.4) is 0 Å². The van der Waals surface area contributed by atoms with Gasteiger partial charge in [-0.15, -0.1) is 11.3 Å². The number of anilines is 1. The van der Waals surface area contributed by atoms with Crippen LogP contribution in [0, 0.1) is 18.6 Å². The second-order valence-corrected chi connectivity index (χ2v) is 8.16. The maximum Gasteiger partial charge on any atom is 0.237 e. The van der Waals surface area contributed by atoms with Crippen molar-refractivity contribution in [2.24, 2.45) is 0 Å². The average Bonchev–Trinajstić information content (AvgIpc) is 3.07. The number of hydrogen-bond donors (Lipinski definition) is 1. The van der Waals surface area contributed by atoms with Crippen LogP contribution in [0.4, 0.5) is 14.5 Å². The molecule has 134 valence electrons. The molecule has 7 heteroatoms. The summed E-state index contributed by atoms with van der Waals surface area (Å²) in [6.45, 7) is 3.58. The summed E-state index contributed by atoms with van der Waals surface area (Å²) < 4.78 is 27.1. The summed E-state index contributed by atoms with van der Waals surface area (Å²) in [6.07, 6.45) is 0.